The van der Waals surface area contributed by atoms with Gasteiger partial charge in [0.15, 0.2) is 5.17 Å². The van der Waals surface area contributed by atoms with E-state index in [1.165, 1.54) is 5.56 Å². The lowest BCUT2D eigenvalue weighted by molar-refractivity contribution is 0.925. The average molecular weight is 220 g/mol. The van der Waals surface area contributed by atoms with Crippen LogP contribution in [0.1, 0.15) is 12.5 Å². The number of amidine groups is 1. The van der Waals surface area contributed by atoms with Crippen LogP contribution in [0.5, 0.6) is 0 Å². The monoisotopic (exact) mass is 220 g/mol. The highest BCUT2D eigenvalue weighted by Crippen LogP contribution is 2.12. The topological polar surface area (TPSA) is 24.4 Å². The van der Waals surface area contributed by atoms with Crippen molar-refractivity contribution < 1.29 is 0 Å². The molecule has 0 aliphatic rings. The number of rotatable bonds is 3. The fourth-order valence-corrected chi connectivity index (χ4v) is 1.67. The van der Waals surface area contributed by atoms with Crippen LogP contribution in [0.2, 0.25) is 0 Å². The number of benzene rings is 1. The molecular formula is C12H16N2S. The zero-order chi connectivity index (χ0) is 11.1. The largest absolute Gasteiger partial charge is 0.361 e. The Morgan fingerprint density at radius 1 is 1.40 bits per heavy atom. The summed E-state index contributed by atoms with van der Waals surface area (Å²) in [6.45, 7) is 6.61. The number of nitrogens with one attached hydrogen (secondary N) is 1. The molecule has 1 rings (SSSR count). The lowest BCUT2D eigenvalue weighted by Gasteiger charge is -2.08. The molecule has 0 atom stereocenters. The summed E-state index contributed by atoms with van der Waals surface area (Å²) in [5, 5.41) is 4.18. The summed E-state index contributed by atoms with van der Waals surface area (Å²) >= 11 is 1.56. The Hall–Kier alpha value is -1.22. The van der Waals surface area contributed by atoms with Gasteiger partial charge in [0.2, 0.25) is 0 Å². The van der Waals surface area contributed by atoms with Crippen LogP contribution in [0, 0.1) is 0 Å². The standard InChI is InChI=1S/C12H16N2S/c1-10(2)15-12(13-3)14-9-11-7-5-4-6-8-11/h4-8H,1,9H2,2-3H3,(H,13,14). The molecule has 0 aliphatic heterocycles. The number of hydrogen-bond donors (Lipinski definition) is 1. The van der Waals surface area contributed by atoms with Crippen molar-refractivity contribution in [3.8, 4) is 0 Å². The number of allylic oxidation sites excluding steroid dienone is 1. The van der Waals surface area contributed by atoms with Crippen molar-refractivity contribution in [3.05, 3.63) is 47.4 Å². The summed E-state index contributed by atoms with van der Waals surface area (Å²) in [5.41, 5.74) is 1.25. The van der Waals surface area contributed by atoms with Crippen LogP contribution in [0.25, 0.3) is 0 Å². The molecule has 2 nitrogen and oxygen atoms in total. The average Bonchev–Trinajstić information content (AvgIpc) is 2.25. The van der Waals surface area contributed by atoms with Gasteiger partial charge >= 0.3 is 0 Å². The highest BCUT2D eigenvalue weighted by atomic mass is 32.2. The van der Waals surface area contributed by atoms with Crippen LogP contribution in [0.15, 0.2) is 46.8 Å². The fraction of sp³-hybridized carbons (Fsp3) is 0.250. The first-order valence-corrected chi connectivity index (χ1v) is 5.62. The van der Waals surface area contributed by atoms with Crippen LogP contribution in [-0.4, -0.2) is 12.2 Å². The molecular weight excluding hydrogens is 204 g/mol. The molecule has 0 aliphatic carbocycles. The van der Waals surface area contributed by atoms with Gasteiger partial charge in [0.1, 0.15) is 0 Å². The molecule has 0 spiro atoms. The van der Waals surface area contributed by atoms with E-state index in [1.807, 2.05) is 25.1 Å². The van der Waals surface area contributed by atoms with Crippen LogP contribution in [0.3, 0.4) is 0 Å². The van der Waals surface area contributed by atoms with Gasteiger partial charge in [-0.2, -0.15) is 0 Å². The number of thioether (sulfide) groups is 1. The predicted octanol–water partition coefficient (Wildman–Crippen LogP) is 3.03. The second-order valence-electron chi connectivity index (χ2n) is 3.17. The van der Waals surface area contributed by atoms with E-state index in [9.17, 15) is 0 Å². The fourth-order valence-electron chi connectivity index (χ4n) is 1.10. The second kappa shape index (κ2) is 6.30. The van der Waals surface area contributed by atoms with Crippen molar-refractivity contribution in [1.29, 1.82) is 0 Å². The van der Waals surface area contributed by atoms with Gasteiger partial charge in [-0.1, -0.05) is 48.7 Å². The zero-order valence-electron chi connectivity index (χ0n) is 9.16. The first-order chi connectivity index (χ1) is 7.22. The van der Waals surface area contributed by atoms with Gasteiger partial charge in [0.25, 0.3) is 0 Å². The Morgan fingerprint density at radius 2 is 2.07 bits per heavy atom. The van der Waals surface area contributed by atoms with E-state index in [4.69, 9.17) is 0 Å². The third-order valence-corrected chi connectivity index (χ3v) is 2.63. The van der Waals surface area contributed by atoms with Crippen molar-refractivity contribution in [1.82, 2.24) is 5.32 Å². The lowest BCUT2D eigenvalue weighted by atomic mass is 10.2. The minimum absolute atomic E-state index is 0.799. The van der Waals surface area contributed by atoms with E-state index in [2.05, 4.69) is 29.0 Å². The van der Waals surface area contributed by atoms with Crippen LogP contribution in [-0.2, 0) is 6.54 Å². The number of aliphatic imine (C=N–C) groups is 1. The van der Waals surface area contributed by atoms with Crippen molar-refractivity contribution in [2.45, 2.75) is 13.5 Å². The first kappa shape index (κ1) is 11.9. The number of hydrogen-bond acceptors (Lipinski definition) is 2. The summed E-state index contributed by atoms with van der Waals surface area (Å²) in [4.78, 5) is 5.19. The van der Waals surface area contributed by atoms with Gasteiger partial charge in [-0.05, 0) is 17.4 Å². The molecule has 0 bridgehead atoms. The maximum atomic E-state index is 4.15. The third kappa shape index (κ3) is 4.70. The molecule has 15 heavy (non-hydrogen) atoms. The van der Waals surface area contributed by atoms with Crippen LogP contribution in [0.4, 0.5) is 0 Å². The highest BCUT2D eigenvalue weighted by Gasteiger charge is 1.98. The Kier molecular flexibility index (Phi) is 4.98. The molecule has 0 heterocycles. The van der Waals surface area contributed by atoms with Gasteiger partial charge in [0.05, 0.1) is 0 Å². The highest BCUT2D eigenvalue weighted by molar-refractivity contribution is 8.17. The molecule has 0 saturated carbocycles. The van der Waals surface area contributed by atoms with E-state index >= 15 is 0 Å². The quantitative estimate of drug-likeness (QED) is 0.625. The zero-order valence-corrected chi connectivity index (χ0v) is 9.97. The minimum atomic E-state index is 0.799. The Balaban J connectivity index is 2.45. The molecule has 0 saturated heterocycles. The molecule has 0 aromatic heterocycles. The van der Waals surface area contributed by atoms with E-state index in [-0.39, 0.29) is 0 Å². The summed E-state index contributed by atoms with van der Waals surface area (Å²) in [6, 6.07) is 10.3. The second-order valence-corrected chi connectivity index (χ2v) is 4.46. The summed E-state index contributed by atoms with van der Waals surface area (Å²) < 4.78 is 0. The van der Waals surface area contributed by atoms with Gasteiger partial charge in [-0.25, -0.2) is 0 Å². The van der Waals surface area contributed by atoms with Gasteiger partial charge in [0, 0.05) is 13.6 Å². The molecule has 3 heteroatoms. The molecule has 0 amide bonds. The molecule has 1 aromatic carbocycles. The van der Waals surface area contributed by atoms with Crippen molar-refractivity contribution in [2.24, 2.45) is 4.99 Å². The van der Waals surface area contributed by atoms with E-state index in [0.29, 0.717) is 0 Å². The van der Waals surface area contributed by atoms with E-state index in [1.54, 1.807) is 18.8 Å². The van der Waals surface area contributed by atoms with Crippen molar-refractivity contribution in [2.75, 3.05) is 7.05 Å². The first-order valence-electron chi connectivity index (χ1n) is 4.80. The van der Waals surface area contributed by atoms with Crippen molar-refractivity contribution in [3.63, 3.8) is 0 Å². The van der Waals surface area contributed by atoms with Gasteiger partial charge in [-0.15, -0.1) is 0 Å². The Labute approximate surface area is 95.5 Å². The smallest absolute Gasteiger partial charge is 0.161 e. The maximum Gasteiger partial charge on any atom is 0.161 e. The van der Waals surface area contributed by atoms with Crippen LogP contribution < -0.4 is 5.32 Å². The summed E-state index contributed by atoms with van der Waals surface area (Å²) in [7, 11) is 1.78. The predicted molar refractivity (Wildman–Crippen MR) is 69.0 cm³/mol. The molecule has 0 radical (unpaired) electrons. The summed E-state index contributed by atoms with van der Waals surface area (Å²) in [6.07, 6.45) is 0. The third-order valence-electron chi connectivity index (χ3n) is 1.76. The van der Waals surface area contributed by atoms with E-state index in [0.717, 1.165) is 16.6 Å². The molecule has 1 N–H and O–H groups in total. The Morgan fingerprint density at radius 3 is 2.60 bits per heavy atom. The summed E-state index contributed by atoms with van der Waals surface area (Å²) in [5.74, 6) is 0. The van der Waals surface area contributed by atoms with Gasteiger partial charge in [-0.3, -0.25) is 4.99 Å². The lowest BCUT2D eigenvalue weighted by Crippen LogP contribution is -2.19. The SMILES string of the molecule is C=C(C)SC(=NC)NCc1ccccc1. The molecule has 1 aromatic rings. The van der Waals surface area contributed by atoms with Gasteiger partial charge < -0.3 is 5.32 Å². The van der Waals surface area contributed by atoms with E-state index < -0.39 is 0 Å². The normalized spacial score (nSPS) is 11.2. The van der Waals surface area contributed by atoms with Crippen molar-refractivity contribution >= 4 is 16.9 Å². The van der Waals surface area contributed by atoms with Crippen LogP contribution >= 0.6 is 11.8 Å². The number of nitrogens with zero attached hydrogens (tertiary/aromatic N) is 1. The minimum Gasteiger partial charge on any atom is -0.361 e. The molecule has 80 valence electrons. The molecule has 0 fully saturated rings. The molecule has 0 unspecified atom stereocenters. The maximum absolute atomic E-state index is 4.15. The Bertz CT molecular complexity index is 344.